The summed E-state index contributed by atoms with van der Waals surface area (Å²) in [7, 11) is 1.47. The van der Waals surface area contributed by atoms with Crippen molar-refractivity contribution in [2.75, 3.05) is 45.2 Å². The van der Waals surface area contributed by atoms with Gasteiger partial charge >= 0.3 is 12.1 Å². The highest BCUT2D eigenvalue weighted by Gasteiger charge is 2.36. The fourth-order valence-corrected chi connectivity index (χ4v) is 5.93. The number of benzene rings is 1. The lowest BCUT2D eigenvalue weighted by Gasteiger charge is -2.43. The molecule has 11 nitrogen and oxygen atoms in total. The molecule has 1 aromatic carbocycles. The van der Waals surface area contributed by atoms with E-state index >= 15 is 0 Å². The summed E-state index contributed by atoms with van der Waals surface area (Å²) in [5, 5.41) is 14.5. The zero-order valence-corrected chi connectivity index (χ0v) is 24.5. The van der Waals surface area contributed by atoms with Crippen molar-refractivity contribution in [3.63, 3.8) is 0 Å². The van der Waals surface area contributed by atoms with E-state index in [2.05, 4.69) is 44.5 Å². The van der Waals surface area contributed by atoms with E-state index in [1.807, 2.05) is 20.8 Å². The summed E-state index contributed by atoms with van der Waals surface area (Å²) in [6, 6.07) is 10.3. The normalized spacial score (nSPS) is 22.2. The Balaban J connectivity index is 1.18. The molecular formula is C30H42N6O5. The van der Waals surface area contributed by atoms with Crippen LogP contribution in [-0.4, -0.2) is 105 Å². The Hall–Kier alpha value is -3.44. The maximum atomic E-state index is 13.5. The van der Waals surface area contributed by atoms with Crippen LogP contribution < -0.4 is 10.1 Å². The highest BCUT2D eigenvalue weighted by atomic mass is 16.6. The van der Waals surface area contributed by atoms with Crippen molar-refractivity contribution in [2.45, 2.75) is 76.8 Å². The maximum Gasteiger partial charge on any atom is 0.410 e. The molecule has 222 valence electrons. The highest BCUT2D eigenvalue weighted by Crippen LogP contribution is 2.27. The fraction of sp³-hybridized carbons (Fsp3) is 0.600. The number of likely N-dealkylation sites (tertiary alicyclic amines) is 2. The Morgan fingerprint density at radius 1 is 1.00 bits per heavy atom. The summed E-state index contributed by atoms with van der Waals surface area (Å²) in [5.74, 6) is 0.244. The summed E-state index contributed by atoms with van der Waals surface area (Å²) in [6.07, 6.45) is 2.15. The fourth-order valence-electron chi connectivity index (χ4n) is 5.93. The molecule has 4 heterocycles. The van der Waals surface area contributed by atoms with Crippen LogP contribution in [0, 0.1) is 0 Å². The molecule has 0 spiro atoms. The van der Waals surface area contributed by atoms with Gasteiger partial charge in [0.15, 0.2) is 0 Å². The van der Waals surface area contributed by atoms with Crippen LogP contribution in [0.1, 0.15) is 61.6 Å². The molecule has 2 saturated heterocycles. The number of hydrogen-bond acceptors (Lipinski definition) is 9. The molecule has 2 aromatic rings. The third-order valence-electron chi connectivity index (χ3n) is 8.07. The number of aliphatic hydroxyl groups is 1. The molecular weight excluding hydrogens is 524 g/mol. The van der Waals surface area contributed by atoms with Gasteiger partial charge in [-0.15, -0.1) is 0 Å². The first-order chi connectivity index (χ1) is 19.6. The van der Waals surface area contributed by atoms with Crippen LogP contribution >= 0.6 is 0 Å². The molecule has 0 saturated carbocycles. The van der Waals surface area contributed by atoms with Crippen molar-refractivity contribution < 1.29 is 24.2 Å². The first-order valence-corrected chi connectivity index (χ1v) is 14.6. The predicted molar refractivity (Wildman–Crippen MR) is 154 cm³/mol. The third-order valence-corrected chi connectivity index (χ3v) is 8.07. The average molecular weight is 567 g/mol. The van der Waals surface area contributed by atoms with Gasteiger partial charge in [0.2, 0.25) is 0 Å². The summed E-state index contributed by atoms with van der Waals surface area (Å²) in [6.45, 7) is 9.22. The van der Waals surface area contributed by atoms with Crippen molar-refractivity contribution in [3.05, 3.63) is 47.2 Å². The lowest BCUT2D eigenvalue weighted by molar-refractivity contribution is -0.0139. The van der Waals surface area contributed by atoms with E-state index in [0.29, 0.717) is 31.9 Å². The van der Waals surface area contributed by atoms with Gasteiger partial charge in [-0.1, -0.05) is 24.3 Å². The number of piperidine rings is 2. The molecule has 0 radical (unpaired) electrons. The van der Waals surface area contributed by atoms with Crippen molar-refractivity contribution in [3.8, 4) is 6.01 Å². The van der Waals surface area contributed by atoms with E-state index in [1.54, 1.807) is 15.9 Å². The Kier molecular flexibility index (Phi) is 8.65. The minimum atomic E-state index is -0.644. The summed E-state index contributed by atoms with van der Waals surface area (Å²) >= 11 is 0. The monoisotopic (exact) mass is 566 g/mol. The number of β-amino-alcohol motifs (C(OH)–C–C–N with tert-alkyl or cyclic N) is 1. The third kappa shape index (κ3) is 7.08. The quantitative estimate of drug-likeness (QED) is 0.563. The molecule has 0 bridgehead atoms. The lowest BCUT2D eigenvalue weighted by atomic mass is 9.94. The van der Waals surface area contributed by atoms with E-state index in [0.717, 1.165) is 32.4 Å². The van der Waals surface area contributed by atoms with Crippen LogP contribution in [0.2, 0.25) is 0 Å². The SMILES string of the molecule is COc1nc(NC2CCN(C(=O)OC(C)(C)C)CC2)cc(C(=O)N2CC[C@@H](N3CCc4ccccc4C3)[C@H](O)C2)n1. The van der Waals surface area contributed by atoms with Gasteiger partial charge in [-0.2, -0.15) is 9.97 Å². The highest BCUT2D eigenvalue weighted by molar-refractivity contribution is 5.93. The van der Waals surface area contributed by atoms with Gasteiger partial charge in [0.05, 0.1) is 13.2 Å². The Morgan fingerprint density at radius 2 is 1.71 bits per heavy atom. The van der Waals surface area contributed by atoms with Gasteiger partial charge in [-0.25, -0.2) is 4.79 Å². The number of carbonyl (C=O) groups is 2. The molecule has 3 aliphatic rings. The number of aliphatic hydroxyl groups excluding tert-OH is 1. The number of rotatable bonds is 5. The average Bonchev–Trinajstić information content (AvgIpc) is 2.95. The van der Waals surface area contributed by atoms with Crippen LogP contribution in [0.4, 0.5) is 10.6 Å². The second kappa shape index (κ2) is 12.2. The first-order valence-electron chi connectivity index (χ1n) is 14.6. The second-order valence-electron chi connectivity index (χ2n) is 12.2. The van der Waals surface area contributed by atoms with E-state index < -0.39 is 11.7 Å². The molecule has 2 atom stereocenters. The van der Waals surface area contributed by atoms with E-state index in [4.69, 9.17) is 9.47 Å². The number of amides is 2. The van der Waals surface area contributed by atoms with Crippen LogP contribution in [0.15, 0.2) is 30.3 Å². The van der Waals surface area contributed by atoms with Crippen LogP contribution in [0.5, 0.6) is 6.01 Å². The second-order valence-corrected chi connectivity index (χ2v) is 12.2. The largest absolute Gasteiger partial charge is 0.467 e. The molecule has 41 heavy (non-hydrogen) atoms. The maximum absolute atomic E-state index is 13.5. The number of hydrogen-bond donors (Lipinski definition) is 2. The Bertz CT molecular complexity index is 1240. The van der Waals surface area contributed by atoms with E-state index in [-0.39, 0.29) is 42.3 Å². The van der Waals surface area contributed by atoms with Crippen LogP contribution in [0.3, 0.4) is 0 Å². The number of fused-ring (bicyclic) bond motifs is 1. The van der Waals surface area contributed by atoms with Crippen LogP contribution in [0.25, 0.3) is 0 Å². The minimum absolute atomic E-state index is 0.0103. The molecule has 0 unspecified atom stereocenters. The molecule has 1 aromatic heterocycles. The van der Waals surface area contributed by atoms with Gasteiger partial charge in [-0.3, -0.25) is 9.69 Å². The smallest absolute Gasteiger partial charge is 0.410 e. The zero-order chi connectivity index (χ0) is 29.1. The number of carbonyl (C=O) groups excluding carboxylic acids is 2. The van der Waals surface area contributed by atoms with E-state index in [9.17, 15) is 14.7 Å². The number of anilines is 1. The molecule has 3 aliphatic heterocycles. The summed E-state index contributed by atoms with van der Waals surface area (Å²) in [4.78, 5) is 40.4. The summed E-state index contributed by atoms with van der Waals surface area (Å²) in [5.41, 5.74) is 2.38. The standard InChI is InChI=1S/C30H42N6O5/c1-30(2,3)41-29(39)34-14-10-22(11-15-34)31-26-17-23(32-28(33-26)40-4)27(38)36-16-12-24(25(37)19-36)35-13-9-20-7-5-6-8-21(20)18-35/h5-8,17,22,24-25,37H,9-16,18-19H2,1-4H3,(H,31,32,33)/t24-,25-/m1/s1. The number of ether oxygens (including phenoxy) is 2. The van der Waals surface area contributed by atoms with Gasteiger partial charge in [0, 0.05) is 57.4 Å². The van der Waals surface area contributed by atoms with Crippen LogP contribution in [-0.2, 0) is 17.7 Å². The minimum Gasteiger partial charge on any atom is -0.467 e. The molecule has 0 aliphatic carbocycles. The summed E-state index contributed by atoms with van der Waals surface area (Å²) < 4.78 is 10.8. The van der Waals surface area contributed by atoms with Gasteiger partial charge in [0.25, 0.3) is 5.91 Å². The molecule has 5 rings (SSSR count). The van der Waals surface area contributed by atoms with Gasteiger partial charge in [-0.05, 0) is 57.6 Å². The van der Waals surface area contributed by atoms with Gasteiger partial charge < -0.3 is 29.7 Å². The van der Waals surface area contributed by atoms with E-state index in [1.165, 1.54) is 18.2 Å². The molecule has 11 heteroatoms. The zero-order valence-electron chi connectivity index (χ0n) is 24.5. The molecule has 2 fully saturated rings. The van der Waals surface area contributed by atoms with Crippen molar-refractivity contribution in [1.82, 2.24) is 24.7 Å². The Morgan fingerprint density at radius 3 is 2.39 bits per heavy atom. The first kappa shape index (κ1) is 29.1. The number of nitrogens with zero attached hydrogens (tertiary/aromatic N) is 5. The van der Waals surface area contributed by atoms with Crippen molar-refractivity contribution in [2.24, 2.45) is 0 Å². The molecule has 2 amide bonds. The molecule has 2 N–H and O–H groups in total. The lowest BCUT2D eigenvalue weighted by Crippen LogP contribution is -2.56. The topological polar surface area (TPSA) is 120 Å². The van der Waals surface area contributed by atoms with Gasteiger partial charge in [0.1, 0.15) is 17.1 Å². The Labute approximate surface area is 241 Å². The number of nitrogens with one attached hydrogen (secondary N) is 1. The number of aromatic nitrogens is 2. The predicted octanol–water partition coefficient (Wildman–Crippen LogP) is 2.93. The number of methoxy groups -OCH3 is 1. The van der Waals surface area contributed by atoms with Crippen molar-refractivity contribution >= 4 is 17.8 Å². The van der Waals surface area contributed by atoms with Crippen molar-refractivity contribution in [1.29, 1.82) is 0 Å².